The lowest BCUT2D eigenvalue weighted by molar-refractivity contribution is -0.332. The Bertz CT molecular complexity index is 1230. The molecule has 22 nitrogen and oxygen atoms in total. The van der Waals surface area contributed by atoms with Gasteiger partial charge in [-0.05, 0) is 25.8 Å². The van der Waals surface area contributed by atoms with Gasteiger partial charge >= 0.3 is 10.4 Å². The molecule has 2 unspecified atom stereocenters. The van der Waals surface area contributed by atoms with Crippen molar-refractivity contribution in [1.82, 2.24) is 5.32 Å². The van der Waals surface area contributed by atoms with Crippen LogP contribution in [-0.2, 0) is 38.3 Å². The average Bonchev–Trinajstić information content (AvgIpc) is 3.16. The van der Waals surface area contributed by atoms with Crippen molar-refractivity contribution in [1.29, 1.82) is 0 Å². The molecule has 16 atom stereocenters. The van der Waals surface area contributed by atoms with Gasteiger partial charge in [0.25, 0.3) is 0 Å². The SMILES string of the molecule is CCCCCCCCCCCCOS(=O)(=O)O.NCC[C@H](O)C(=O)N[C@@H]1C[C@H](N)[C@@H](OC2O[C@H](CN)[C@@H](O)[C@H](O)[C@H]2O)[C@H](O)[C@H]1OC1O[C@H](CO)[C@@H](O)[C@H](N)[C@H]1O. The summed E-state index contributed by atoms with van der Waals surface area (Å²) in [5, 5.41) is 84.9. The van der Waals surface area contributed by atoms with Crippen LogP contribution in [0.2, 0.25) is 0 Å². The molecule has 0 bridgehead atoms. The molecule has 338 valence electrons. The van der Waals surface area contributed by atoms with Gasteiger partial charge in [-0.2, -0.15) is 8.42 Å². The number of carbonyl (C=O) groups excluding carboxylic acids is 1. The highest BCUT2D eigenvalue weighted by atomic mass is 32.3. The number of hydrogen-bond donors (Lipinski definition) is 14. The molecule has 3 aliphatic rings. The van der Waals surface area contributed by atoms with E-state index < -0.39 is 121 Å². The number of aliphatic hydroxyl groups is 8. The Morgan fingerprint density at radius 2 is 1.32 bits per heavy atom. The summed E-state index contributed by atoms with van der Waals surface area (Å²) in [5.41, 5.74) is 23.1. The van der Waals surface area contributed by atoms with E-state index in [0.29, 0.717) is 6.42 Å². The van der Waals surface area contributed by atoms with E-state index in [1.54, 1.807) is 0 Å². The highest BCUT2D eigenvalue weighted by Gasteiger charge is 2.52. The van der Waals surface area contributed by atoms with E-state index in [-0.39, 0.29) is 32.5 Å². The quantitative estimate of drug-likeness (QED) is 0.0359. The Morgan fingerprint density at radius 1 is 0.772 bits per heavy atom. The van der Waals surface area contributed by atoms with E-state index in [2.05, 4.69) is 16.4 Å². The van der Waals surface area contributed by atoms with Crippen LogP contribution in [0.5, 0.6) is 0 Å². The maximum atomic E-state index is 12.6. The van der Waals surface area contributed by atoms with Crippen molar-refractivity contribution in [2.75, 3.05) is 26.3 Å². The summed E-state index contributed by atoms with van der Waals surface area (Å²) in [5.74, 6) is -0.845. The molecule has 57 heavy (non-hydrogen) atoms. The van der Waals surface area contributed by atoms with Gasteiger partial charge in [0.1, 0.15) is 67.1 Å². The maximum absolute atomic E-state index is 12.6. The summed E-state index contributed by atoms with van der Waals surface area (Å²) in [6.45, 7) is 1.41. The molecule has 23 heteroatoms. The van der Waals surface area contributed by atoms with Gasteiger partial charge in [-0.3, -0.25) is 9.35 Å². The number of hydrogen-bond acceptors (Lipinski definition) is 20. The van der Waals surface area contributed by atoms with Crippen LogP contribution in [-0.4, -0.2) is 184 Å². The van der Waals surface area contributed by atoms with Crippen LogP contribution in [0, 0.1) is 0 Å². The van der Waals surface area contributed by atoms with Gasteiger partial charge < -0.3 is 88.1 Å². The van der Waals surface area contributed by atoms with E-state index in [0.717, 1.165) is 12.8 Å². The number of unbranched alkanes of at least 4 members (excludes halogenated alkanes) is 9. The van der Waals surface area contributed by atoms with Crippen LogP contribution >= 0.6 is 0 Å². The lowest BCUT2D eigenvalue weighted by Gasteiger charge is -2.49. The minimum atomic E-state index is -4.23. The molecular formula is C34H69N5O17S. The molecule has 0 aromatic rings. The minimum Gasteiger partial charge on any atom is -0.394 e. The molecule has 1 saturated carbocycles. The van der Waals surface area contributed by atoms with Crippen molar-refractivity contribution in [2.24, 2.45) is 22.9 Å². The highest BCUT2D eigenvalue weighted by molar-refractivity contribution is 7.80. The standard InChI is InChI=1S/C22H43N5O13.C12H26O4S/c23-2-1-8(29)20(36)27-7-3-6(25)18(39-22-16(34)15(33)13(31)9(4-24)37-22)17(35)19(7)40-21-14(32)11(26)12(30)10(5-28)38-21;1-2-3-4-5-6-7-8-9-10-11-12-16-17(13,14)15/h6-19,21-22,28-35H,1-5,23-26H2,(H,27,36);2-12H2,1H3,(H,13,14,15)/t6-,7+,8-,9+,10+,11-,12+,13+,14+,15-,16+,17-,18+,19-,21?,22?;/m0./s1. The van der Waals surface area contributed by atoms with Crippen molar-refractivity contribution in [3.8, 4) is 0 Å². The van der Waals surface area contributed by atoms with Crippen molar-refractivity contribution < 1.29 is 81.7 Å². The van der Waals surface area contributed by atoms with Gasteiger partial charge in [0.15, 0.2) is 12.6 Å². The summed E-state index contributed by atoms with van der Waals surface area (Å²) in [4.78, 5) is 12.6. The second-order valence-corrected chi connectivity index (χ2v) is 15.9. The van der Waals surface area contributed by atoms with Crippen LogP contribution < -0.4 is 28.3 Å². The van der Waals surface area contributed by atoms with Crippen LogP contribution in [0.4, 0.5) is 0 Å². The van der Waals surface area contributed by atoms with E-state index in [1.807, 2.05) is 0 Å². The Hall–Kier alpha value is -1.30. The molecule has 2 aliphatic heterocycles. The van der Waals surface area contributed by atoms with Gasteiger partial charge in [0, 0.05) is 12.6 Å². The smallest absolute Gasteiger partial charge is 0.394 e. The van der Waals surface area contributed by atoms with Crippen molar-refractivity contribution in [3.63, 3.8) is 0 Å². The lowest BCUT2D eigenvalue weighted by Crippen LogP contribution is -2.69. The molecular weight excluding hydrogens is 782 g/mol. The first-order chi connectivity index (χ1) is 26.9. The van der Waals surface area contributed by atoms with Crippen molar-refractivity contribution in [3.05, 3.63) is 0 Å². The third-order valence-electron chi connectivity index (χ3n) is 10.2. The third-order valence-corrected chi connectivity index (χ3v) is 10.7. The number of amides is 1. The van der Waals surface area contributed by atoms with Gasteiger partial charge in [-0.15, -0.1) is 0 Å². The lowest BCUT2D eigenvalue weighted by atomic mass is 9.83. The first-order valence-electron chi connectivity index (χ1n) is 19.7. The molecule has 3 rings (SSSR count). The molecule has 18 N–H and O–H groups in total. The molecule has 1 amide bonds. The van der Waals surface area contributed by atoms with Crippen LogP contribution in [0.25, 0.3) is 0 Å². The molecule has 2 heterocycles. The summed E-state index contributed by atoms with van der Waals surface area (Å²) in [6.07, 6.45) is -7.97. The van der Waals surface area contributed by atoms with E-state index in [1.165, 1.54) is 44.9 Å². The number of carbonyl (C=O) groups is 1. The summed E-state index contributed by atoms with van der Waals surface area (Å²) in [6, 6.07) is -3.45. The van der Waals surface area contributed by atoms with Crippen molar-refractivity contribution in [2.45, 2.75) is 182 Å². The number of ether oxygens (including phenoxy) is 4. The second kappa shape index (κ2) is 26.1. The van der Waals surface area contributed by atoms with Gasteiger partial charge in [-0.1, -0.05) is 64.7 Å². The van der Waals surface area contributed by atoms with Gasteiger partial charge in [-0.25, -0.2) is 4.18 Å². The molecule has 0 aromatic carbocycles. The zero-order chi connectivity index (χ0) is 42.9. The molecule has 0 aromatic heterocycles. The predicted molar refractivity (Wildman–Crippen MR) is 201 cm³/mol. The molecule has 0 radical (unpaired) electrons. The highest BCUT2D eigenvalue weighted by Crippen LogP contribution is 2.32. The number of nitrogens with two attached hydrogens (primary N) is 4. The third kappa shape index (κ3) is 16.6. The maximum Gasteiger partial charge on any atom is 0.397 e. The minimum absolute atomic E-state index is 0.0101. The number of nitrogens with one attached hydrogen (secondary N) is 1. The van der Waals surface area contributed by atoms with Gasteiger partial charge in [0.2, 0.25) is 5.91 Å². The monoisotopic (exact) mass is 851 g/mol. The first-order valence-corrected chi connectivity index (χ1v) is 21.1. The van der Waals surface area contributed by atoms with Crippen LogP contribution in [0.3, 0.4) is 0 Å². The predicted octanol–water partition coefficient (Wildman–Crippen LogP) is -4.70. The Kier molecular flexibility index (Phi) is 23.8. The van der Waals surface area contributed by atoms with E-state index >= 15 is 0 Å². The fourth-order valence-electron chi connectivity index (χ4n) is 6.82. The van der Waals surface area contributed by atoms with Gasteiger partial charge in [0.05, 0.1) is 25.3 Å². The normalized spacial score (nSPS) is 36.6. The summed E-state index contributed by atoms with van der Waals surface area (Å²) >= 11 is 0. The molecule has 0 spiro atoms. The van der Waals surface area contributed by atoms with Crippen LogP contribution in [0.1, 0.15) is 84.0 Å². The summed E-state index contributed by atoms with van der Waals surface area (Å²) in [7, 11) is -4.23. The fraction of sp³-hybridized carbons (Fsp3) is 0.971. The largest absolute Gasteiger partial charge is 0.397 e. The Balaban J connectivity index is 0.000000555. The molecule has 3 fully saturated rings. The van der Waals surface area contributed by atoms with Crippen LogP contribution in [0.15, 0.2) is 0 Å². The second-order valence-electron chi connectivity index (χ2n) is 14.8. The summed E-state index contributed by atoms with van der Waals surface area (Å²) < 4.78 is 55.5. The fourth-order valence-corrected chi connectivity index (χ4v) is 7.15. The van der Waals surface area contributed by atoms with E-state index in [4.69, 9.17) is 46.4 Å². The first kappa shape index (κ1) is 51.8. The number of rotatable bonds is 22. The zero-order valence-electron chi connectivity index (χ0n) is 32.6. The Morgan fingerprint density at radius 3 is 1.86 bits per heavy atom. The zero-order valence-corrected chi connectivity index (χ0v) is 33.4. The Labute approximate surface area is 334 Å². The van der Waals surface area contributed by atoms with E-state index in [9.17, 15) is 54.1 Å². The number of aliphatic hydroxyl groups excluding tert-OH is 8. The van der Waals surface area contributed by atoms with Crippen molar-refractivity contribution >= 4 is 16.3 Å². The topological polar surface area (TPSA) is 396 Å². The molecule has 1 aliphatic carbocycles. The molecule has 2 saturated heterocycles. The average molecular weight is 852 g/mol.